The monoisotopic (exact) mass is 255 g/mol. The molecule has 1 N–H and O–H groups in total. The van der Waals surface area contributed by atoms with E-state index in [0.29, 0.717) is 25.2 Å². The number of carbonyl (C=O) groups is 1. The molecular formula is C13H21NO4. The summed E-state index contributed by atoms with van der Waals surface area (Å²) >= 11 is 0. The van der Waals surface area contributed by atoms with Crippen molar-refractivity contribution in [3.63, 3.8) is 0 Å². The Labute approximate surface area is 107 Å². The first-order chi connectivity index (χ1) is 8.60. The molecule has 1 aromatic rings. The molecule has 0 bridgehead atoms. The highest BCUT2D eigenvalue weighted by Gasteiger charge is 2.29. The maximum Gasteiger partial charge on any atom is 0.317 e. The summed E-state index contributed by atoms with van der Waals surface area (Å²) in [5, 5.41) is 12.7. The molecule has 1 atom stereocenters. The van der Waals surface area contributed by atoms with E-state index in [-0.39, 0.29) is 18.5 Å². The van der Waals surface area contributed by atoms with Crippen molar-refractivity contribution in [1.82, 2.24) is 5.16 Å². The Bertz CT molecular complexity index is 373. The summed E-state index contributed by atoms with van der Waals surface area (Å²) in [7, 11) is 0. The van der Waals surface area contributed by atoms with Crippen molar-refractivity contribution in [2.45, 2.75) is 39.5 Å². The molecule has 0 amide bonds. The third-order valence-corrected chi connectivity index (χ3v) is 2.68. The lowest BCUT2D eigenvalue weighted by atomic mass is 9.93. The van der Waals surface area contributed by atoms with Gasteiger partial charge >= 0.3 is 5.97 Å². The van der Waals surface area contributed by atoms with Gasteiger partial charge in [-0.3, -0.25) is 4.79 Å². The van der Waals surface area contributed by atoms with Gasteiger partial charge in [-0.1, -0.05) is 19.0 Å². The van der Waals surface area contributed by atoms with Crippen LogP contribution in [0.15, 0.2) is 10.6 Å². The van der Waals surface area contributed by atoms with Crippen molar-refractivity contribution in [2.75, 3.05) is 13.2 Å². The lowest BCUT2D eigenvalue weighted by molar-refractivity contribution is -0.146. The summed E-state index contributed by atoms with van der Waals surface area (Å²) in [4.78, 5) is 11.9. The standard InChI is InChI=1S/C13H21NO4/c1-4-17-13(16)12(9(2)3)11-8-10(14-18-11)6-5-7-15/h8-9,12,15H,4-7H2,1-3H3. The minimum atomic E-state index is -0.416. The first-order valence-corrected chi connectivity index (χ1v) is 6.33. The third-order valence-electron chi connectivity index (χ3n) is 2.68. The van der Waals surface area contributed by atoms with Crippen LogP contribution in [-0.4, -0.2) is 29.4 Å². The number of hydrogen-bond donors (Lipinski definition) is 1. The second-order valence-electron chi connectivity index (χ2n) is 4.52. The summed E-state index contributed by atoms with van der Waals surface area (Å²) in [5.41, 5.74) is 0.758. The number of rotatable bonds is 7. The number of aliphatic hydroxyl groups is 1. The van der Waals surface area contributed by atoms with Crippen LogP contribution in [0.25, 0.3) is 0 Å². The number of aryl methyl sites for hydroxylation is 1. The molecular weight excluding hydrogens is 234 g/mol. The molecule has 0 saturated carbocycles. The van der Waals surface area contributed by atoms with E-state index in [0.717, 1.165) is 5.69 Å². The van der Waals surface area contributed by atoms with Crippen LogP contribution >= 0.6 is 0 Å². The van der Waals surface area contributed by atoms with Crippen LogP contribution < -0.4 is 0 Å². The molecule has 18 heavy (non-hydrogen) atoms. The summed E-state index contributed by atoms with van der Waals surface area (Å²) in [5.74, 6) is -0.0724. The highest BCUT2D eigenvalue weighted by molar-refractivity contribution is 5.77. The van der Waals surface area contributed by atoms with Crippen molar-refractivity contribution in [1.29, 1.82) is 0 Å². The number of nitrogens with zero attached hydrogens (tertiary/aromatic N) is 1. The van der Waals surface area contributed by atoms with E-state index in [9.17, 15) is 4.79 Å². The van der Waals surface area contributed by atoms with Gasteiger partial charge < -0.3 is 14.4 Å². The van der Waals surface area contributed by atoms with Crippen LogP contribution in [0, 0.1) is 5.92 Å². The molecule has 5 heteroatoms. The van der Waals surface area contributed by atoms with E-state index in [2.05, 4.69) is 5.16 Å². The molecule has 0 aromatic carbocycles. The molecule has 0 radical (unpaired) electrons. The Hall–Kier alpha value is -1.36. The largest absolute Gasteiger partial charge is 0.465 e. The molecule has 0 aliphatic carbocycles. The average Bonchev–Trinajstić information content (AvgIpc) is 2.75. The fraction of sp³-hybridized carbons (Fsp3) is 0.692. The van der Waals surface area contributed by atoms with Crippen LogP contribution in [0.2, 0.25) is 0 Å². The number of carbonyl (C=O) groups excluding carboxylic acids is 1. The molecule has 0 saturated heterocycles. The smallest absolute Gasteiger partial charge is 0.317 e. The quantitative estimate of drug-likeness (QED) is 0.753. The van der Waals surface area contributed by atoms with E-state index in [1.54, 1.807) is 13.0 Å². The van der Waals surface area contributed by atoms with Crippen LogP contribution in [0.3, 0.4) is 0 Å². The van der Waals surface area contributed by atoms with Gasteiger partial charge in [0.1, 0.15) is 5.92 Å². The second kappa shape index (κ2) is 7.16. The minimum Gasteiger partial charge on any atom is -0.465 e. The van der Waals surface area contributed by atoms with E-state index in [4.69, 9.17) is 14.4 Å². The van der Waals surface area contributed by atoms with E-state index >= 15 is 0 Å². The Morgan fingerprint density at radius 1 is 1.56 bits per heavy atom. The van der Waals surface area contributed by atoms with Crippen LogP contribution in [-0.2, 0) is 16.0 Å². The number of hydrogen-bond acceptors (Lipinski definition) is 5. The first kappa shape index (κ1) is 14.7. The van der Waals surface area contributed by atoms with Gasteiger partial charge in [0.15, 0.2) is 5.76 Å². The Morgan fingerprint density at radius 2 is 2.28 bits per heavy atom. The van der Waals surface area contributed by atoms with E-state index in [1.807, 2.05) is 13.8 Å². The number of ether oxygens (including phenoxy) is 1. The Kier molecular flexibility index (Phi) is 5.85. The molecule has 0 aliphatic rings. The highest BCUT2D eigenvalue weighted by atomic mass is 16.5. The summed E-state index contributed by atoms with van der Waals surface area (Å²) in [6.07, 6.45) is 1.28. The van der Waals surface area contributed by atoms with Crippen molar-refractivity contribution < 1.29 is 19.2 Å². The van der Waals surface area contributed by atoms with E-state index < -0.39 is 5.92 Å². The number of aliphatic hydroxyl groups excluding tert-OH is 1. The normalized spacial score (nSPS) is 12.7. The SMILES string of the molecule is CCOC(=O)C(c1cc(CCCO)no1)C(C)C. The fourth-order valence-corrected chi connectivity index (χ4v) is 1.80. The maximum absolute atomic E-state index is 11.9. The number of aromatic nitrogens is 1. The zero-order chi connectivity index (χ0) is 13.5. The molecule has 0 aliphatic heterocycles. The van der Waals surface area contributed by atoms with Gasteiger partial charge in [-0.05, 0) is 25.7 Å². The van der Waals surface area contributed by atoms with Gasteiger partial charge in [-0.2, -0.15) is 0 Å². The molecule has 5 nitrogen and oxygen atoms in total. The van der Waals surface area contributed by atoms with Gasteiger partial charge in [0.2, 0.25) is 0 Å². The van der Waals surface area contributed by atoms with Crippen molar-refractivity contribution in [2.24, 2.45) is 5.92 Å². The van der Waals surface area contributed by atoms with Crippen LogP contribution in [0.1, 0.15) is 44.6 Å². The molecule has 0 fully saturated rings. The average molecular weight is 255 g/mol. The Balaban J connectivity index is 2.79. The summed E-state index contributed by atoms with van der Waals surface area (Å²) in [6.45, 7) is 6.14. The maximum atomic E-state index is 11.9. The molecule has 102 valence electrons. The zero-order valence-corrected chi connectivity index (χ0v) is 11.2. The van der Waals surface area contributed by atoms with Gasteiger partial charge in [0.25, 0.3) is 0 Å². The Morgan fingerprint density at radius 3 is 2.83 bits per heavy atom. The summed E-state index contributed by atoms with van der Waals surface area (Å²) < 4.78 is 10.3. The fourth-order valence-electron chi connectivity index (χ4n) is 1.80. The molecule has 0 spiro atoms. The lowest BCUT2D eigenvalue weighted by Gasteiger charge is -2.15. The van der Waals surface area contributed by atoms with Crippen molar-refractivity contribution in [3.05, 3.63) is 17.5 Å². The van der Waals surface area contributed by atoms with Gasteiger partial charge in [-0.25, -0.2) is 0 Å². The van der Waals surface area contributed by atoms with Crippen LogP contribution in [0.4, 0.5) is 0 Å². The third kappa shape index (κ3) is 3.84. The van der Waals surface area contributed by atoms with E-state index in [1.165, 1.54) is 0 Å². The topological polar surface area (TPSA) is 72.6 Å². The molecule has 1 heterocycles. The first-order valence-electron chi connectivity index (χ1n) is 6.33. The zero-order valence-electron chi connectivity index (χ0n) is 11.2. The van der Waals surface area contributed by atoms with Crippen molar-refractivity contribution in [3.8, 4) is 0 Å². The predicted molar refractivity (Wildman–Crippen MR) is 66.1 cm³/mol. The highest BCUT2D eigenvalue weighted by Crippen LogP contribution is 2.26. The van der Waals surface area contributed by atoms with Crippen molar-refractivity contribution >= 4 is 5.97 Å². The molecule has 1 aromatic heterocycles. The van der Waals surface area contributed by atoms with Gasteiger partial charge in [0, 0.05) is 12.7 Å². The second-order valence-corrected chi connectivity index (χ2v) is 4.52. The van der Waals surface area contributed by atoms with Gasteiger partial charge in [0.05, 0.1) is 12.3 Å². The molecule has 1 unspecified atom stereocenters. The predicted octanol–water partition coefficient (Wildman–Crippen LogP) is 1.90. The van der Waals surface area contributed by atoms with Crippen LogP contribution in [0.5, 0.6) is 0 Å². The number of esters is 1. The summed E-state index contributed by atoms with van der Waals surface area (Å²) in [6, 6.07) is 1.78. The molecule has 1 rings (SSSR count). The lowest BCUT2D eigenvalue weighted by Crippen LogP contribution is -2.20. The van der Waals surface area contributed by atoms with Gasteiger partial charge in [-0.15, -0.1) is 0 Å². The minimum absolute atomic E-state index is 0.0858.